The van der Waals surface area contributed by atoms with Gasteiger partial charge in [-0.25, -0.2) is 0 Å². The van der Waals surface area contributed by atoms with E-state index in [4.69, 9.17) is 5.73 Å². The van der Waals surface area contributed by atoms with Crippen LogP contribution in [0.15, 0.2) is 24.3 Å². The molecular weight excluding hydrogens is 290 g/mol. The van der Waals surface area contributed by atoms with Crippen molar-refractivity contribution in [1.29, 1.82) is 0 Å². The summed E-state index contributed by atoms with van der Waals surface area (Å²) in [4.78, 5) is 26.6. The second kappa shape index (κ2) is 6.71. The number of amides is 2. The van der Waals surface area contributed by atoms with Gasteiger partial charge in [-0.1, -0.05) is 18.2 Å². The average molecular weight is 315 g/mol. The highest BCUT2D eigenvalue weighted by atomic mass is 16.2. The predicted molar refractivity (Wildman–Crippen MR) is 89.8 cm³/mol. The number of nitrogens with zero attached hydrogens (tertiary/aromatic N) is 1. The molecule has 0 spiro atoms. The number of likely N-dealkylation sites (tertiary alicyclic amines) is 1. The first-order chi connectivity index (χ1) is 11.1. The van der Waals surface area contributed by atoms with E-state index in [0.717, 1.165) is 30.6 Å². The largest absolute Gasteiger partial charge is 0.340 e. The summed E-state index contributed by atoms with van der Waals surface area (Å²) in [5.74, 6) is 0.488. The zero-order chi connectivity index (χ0) is 16.4. The number of rotatable bonds is 4. The maximum atomic E-state index is 12.5. The Labute approximate surface area is 137 Å². The van der Waals surface area contributed by atoms with Crippen LogP contribution in [0, 0.1) is 11.8 Å². The van der Waals surface area contributed by atoms with Crippen LogP contribution in [-0.2, 0) is 16.0 Å². The van der Waals surface area contributed by atoms with Crippen molar-refractivity contribution in [3.8, 4) is 0 Å². The number of carbonyl (C=O) groups excluding carboxylic acids is 2. The van der Waals surface area contributed by atoms with E-state index in [1.54, 1.807) is 0 Å². The Morgan fingerprint density at radius 1 is 1.39 bits per heavy atom. The fourth-order valence-corrected chi connectivity index (χ4v) is 3.75. The molecule has 0 saturated carbocycles. The van der Waals surface area contributed by atoms with Gasteiger partial charge in [0, 0.05) is 30.6 Å². The van der Waals surface area contributed by atoms with Gasteiger partial charge in [0.05, 0.1) is 0 Å². The molecule has 5 heteroatoms. The molecule has 3 unspecified atom stereocenters. The van der Waals surface area contributed by atoms with Crippen LogP contribution >= 0.6 is 0 Å². The Morgan fingerprint density at radius 2 is 2.17 bits per heavy atom. The third kappa shape index (κ3) is 3.39. The Bertz CT molecular complexity index is 602. The molecule has 2 aliphatic heterocycles. The van der Waals surface area contributed by atoms with E-state index in [1.807, 2.05) is 29.2 Å². The first kappa shape index (κ1) is 16.0. The lowest BCUT2D eigenvalue weighted by Crippen LogP contribution is -2.36. The van der Waals surface area contributed by atoms with Gasteiger partial charge in [0.2, 0.25) is 11.8 Å². The number of benzene rings is 1. The smallest absolute Gasteiger partial charge is 0.227 e. The van der Waals surface area contributed by atoms with Crippen molar-refractivity contribution in [3.05, 3.63) is 29.8 Å². The van der Waals surface area contributed by atoms with Gasteiger partial charge in [-0.2, -0.15) is 0 Å². The minimum Gasteiger partial charge on any atom is -0.340 e. The Hall–Kier alpha value is -1.88. The normalized spacial score (nSPS) is 26.8. The van der Waals surface area contributed by atoms with Crippen LogP contribution < -0.4 is 11.1 Å². The Kier molecular flexibility index (Phi) is 4.66. The molecule has 5 nitrogen and oxygen atoms in total. The van der Waals surface area contributed by atoms with E-state index >= 15 is 0 Å². The molecule has 3 atom stereocenters. The Morgan fingerprint density at radius 3 is 2.91 bits per heavy atom. The van der Waals surface area contributed by atoms with Gasteiger partial charge < -0.3 is 16.0 Å². The summed E-state index contributed by atoms with van der Waals surface area (Å²) in [5, 5.41) is 2.95. The molecule has 0 radical (unpaired) electrons. The summed E-state index contributed by atoms with van der Waals surface area (Å²) >= 11 is 0. The maximum Gasteiger partial charge on any atom is 0.227 e. The first-order valence-corrected chi connectivity index (χ1v) is 8.46. The van der Waals surface area contributed by atoms with E-state index < -0.39 is 0 Å². The molecule has 0 aliphatic carbocycles. The minimum absolute atomic E-state index is 0.0332. The van der Waals surface area contributed by atoms with Crippen LogP contribution in [0.4, 0.5) is 5.69 Å². The van der Waals surface area contributed by atoms with Gasteiger partial charge >= 0.3 is 0 Å². The fraction of sp³-hybridized carbons (Fsp3) is 0.556. The standard InChI is InChI=1S/C18H25N3O2/c1-12-8-13(10-19)11-21(12)17(22)7-6-15-9-14-4-2-3-5-16(14)20-18(15)23/h2-5,12-13,15H,6-11,19H2,1H3,(H,20,23). The summed E-state index contributed by atoms with van der Waals surface area (Å²) in [7, 11) is 0. The van der Waals surface area contributed by atoms with Crippen LogP contribution in [0.1, 0.15) is 31.7 Å². The lowest BCUT2D eigenvalue weighted by atomic mass is 9.89. The number of hydrogen-bond acceptors (Lipinski definition) is 3. The minimum atomic E-state index is -0.114. The molecule has 1 fully saturated rings. The molecule has 1 saturated heterocycles. The second-order valence-electron chi connectivity index (χ2n) is 6.82. The number of nitrogens with one attached hydrogen (secondary N) is 1. The molecule has 1 aromatic rings. The zero-order valence-corrected chi connectivity index (χ0v) is 13.6. The third-order valence-electron chi connectivity index (χ3n) is 5.13. The highest BCUT2D eigenvalue weighted by Gasteiger charge is 2.32. The van der Waals surface area contributed by atoms with Crippen molar-refractivity contribution in [2.45, 2.75) is 38.6 Å². The fourth-order valence-electron chi connectivity index (χ4n) is 3.75. The van der Waals surface area contributed by atoms with Crippen LogP contribution in [0.2, 0.25) is 0 Å². The number of hydrogen-bond donors (Lipinski definition) is 2. The number of para-hydroxylation sites is 1. The van der Waals surface area contributed by atoms with Crippen LogP contribution in [-0.4, -0.2) is 35.8 Å². The molecule has 3 N–H and O–H groups in total. The molecule has 2 heterocycles. The molecule has 0 bridgehead atoms. The molecular formula is C18H25N3O2. The average Bonchev–Trinajstić information content (AvgIpc) is 2.93. The van der Waals surface area contributed by atoms with Crippen molar-refractivity contribution in [2.75, 3.05) is 18.4 Å². The van der Waals surface area contributed by atoms with Crippen molar-refractivity contribution in [3.63, 3.8) is 0 Å². The van der Waals surface area contributed by atoms with Gasteiger partial charge in [-0.05, 0) is 50.3 Å². The molecule has 2 aliphatic rings. The van der Waals surface area contributed by atoms with Crippen molar-refractivity contribution in [1.82, 2.24) is 4.90 Å². The van der Waals surface area contributed by atoms with E-state index in [9.17, 15) is 9.59 Å². The van der Waals surface area contributed by atoms with Crippen molar-refractivity contribution in [2.24, 2.45) is 17.6 Å². The Balaban J connectivity index is 1.56. The summed E-state index contributed by atoms with van der Waals surface area (Å²) < 4.78 is 0. The van der Waals surface area contributed by atoms with Gasteiger partial charge in [0.1, 0.15) is 0 Å². The first-order valence-electron chi connectivity index (χ1n) is 8.46. The monoisotopic (exact) mass is 315 g/mol. The summed E-state index contributed by atoms with van der Waals surface area (Å²) in [6, 6.07) is 8.13. The summed E-state index contributed by atoms with van der Waals surface area (Å²) in [6.45, 7) is 3.48. The molecule has 1 aromatic carbocycles. The number of carbonyl (C=O) groups is 2. The van der Waals surface area contributed by atoms with E-state index in [0.29, 0.717) is 25.3 Å². The van der Waals surface area contributed by atoms with Gasteiger partial charge in [-0.3, -0.25) is 9.59 Å². The molecule has 2 amide bonds. The lowest BCUT2D eigenvalue weighted by molar-refractivity contribution is -0.132. The zero-order valence-electron chi connectivity index (χ0n) is 13.6. The van der Waals surface area contributed by atoms with E-state index in [1.165, 1.54) is 0 Å². The molecule has 23 heavy (non-hydrogen) atoms. The quantitative estimate of drug-likeness (QED) is 0.889. The van der Waals surface area contributed by atoms with E-state index in [2.05, 4.69) is 12.2 Å². The highest BCUT2D eigenvalue weighted by molar-refractivity contribution is 5.96. The SMILES string of the molecule is CC1CC(CN)CN1C(=O)CCC1Cc2ccccc2NC1=O. The summed E-state index contributed by atoms with van der Waals surface area (Å²) in [5.41, 5.74) is 7.78. The number of fused-ring (bicyclic) bond motifs is 1. The topological polar surface area (TPSA) is 75.4 Å². The lowest BCUT2D eigenvalue weighted by Gasteiger charge is -2.26. The summed E-state index contributed by atoms with van der Waals surface area (Å²) in [6.07, 6.45) is 2.74. The second-order valence-corrected chi connectivity index (χ2v) is 6.82. The van der Waals surface area contributed by atoms with Gasteiger partial charge in [-0.15, -0.1) is 0 Å². The molecule has 3 rings (SSSR count). The van der Waals surface area contributed by atoms with Crippen LogP contribution in [0.5, 0.6) is 0 Å². The maximum absolute atomic E-state index is 12.5. The van der Waals surface area contributed by atoms with Gasteiger partial charge in [0.25, 0.3) is 0 Å². The number of anilines is 1. The van der Waals surface area contributed by atoms with Crippen molar-refractivity contribution >= 4 is 17.5 Å². The highest BCUT2D eigenvalue weighted by Crippen LogP contribution is 2.29. The van der Waals surface area contributed by atoms with Crippen LogP contribution in [0.25, 0.3) is 0 Å². The molecule has 0 aromatic heterocycles. The predicted octanol–water partition coefficient (Wildman–Crippen LogP) is 1.77. The van der Waals surface area contributed by atoms with E-state index in [-0.39, 0.29) is 23.8 Å². The van der Waals surface area contributed by atoms with Crippen molar-refractivity contribution < 1.29 is 9.59 Å². The van der Waals surface area contributed by atoms with Crippen LogP contribution in [0.3, 0.4) is 0 Å². The molecule has 124 valence electrons. The van der Waals surface area contributed by atoms with Gasteiger partial charge in [0.15, 0.2) is 0 Å². The third-order valence-corrected chi connectivity index (χ3v) is 5.13. The number of nitrogens with two attached hydrogens (primary N) is 1.